The summed E-state index contributed by atoms with van der Waals surface area (Å²) in [5, 5.41) is 8.04. The Labute approximate surface area is 153 Å². The molecule has 0 saturated carbocycles. The molecule has 1 aromatic carbocycles. The number of hydrogen-bond donors (Lipinski definition) is 2. The zero-order chi connectivity index (χ0) is 18.1. The van der Waals surface area contributed by atoms with Gasteiger partial charge in [-0.1, -0.05) is 18.2 Å². The number of alkyl halides is 1. The highest BCUT2D eigenvalue weighted by molar-refractivity contribution is 6.27. The van der Waals surface area contributed by atoms with E-state index in [-0.39, 0.29) is 17.9 Å². The van der Waals surface area contributed by atoms with Crippen LogP contribution in [0.15, 0.2) is 35.1 Å². The molecule has 1 amide bonds. The van der Waals surface area contributed by atoms with Gasteiger partial charge >= 0.3 is 5.69 Å². The van der Waals surface area contributed by atoms with Crippen molar-refractivity contribution in [1.82, 2.24) is 25.1 Å². The van der Waals surface area contributed by atoms with E-state index in [0.717, 1.165) is 10.8 Å². The Morgan fingerprint density at radius 1 is 1.38 bits per heavy atom. The third-order valence-corrected chi connectivity index (χ3v) is 4.57. The van der Waals surface area contributed by atoms with Crippen molar-refractivity contribution in [3.8, 4) is 17.4 Å². The average Bonchev–Trinajstić information content (AvgIpc) is 3.30. The Hall–Kier alpha value is -2.87. The summed E-state index contributed by atoms with van der Waals surface area (Å²) in [5.41, 5.74) is 0.104. The molecule has 2 aromatic heterocycles. The molecule has 0 bridgehead atoms. The minimum atomic E-state index is -0.400. The summed E-state index contributed by atoms with van der Waals surface area (Å²) in [7, 11) is 0. The molecule has 1 atom stereocenters. The van der Waals surface area contributed by atoms with Crippen LogP contribution in [0.5, 0.6) is 5.88 Å². The second-order valence-electron chi connectivity index (χ2n) is 6.06. The van der Waals surface area contributed by atoms with E-state index in [0.29, 0.717) is 36.9 Å². The van der Waals surface area contributed by atoms with Crippen molar-refractivity contribution in [1.29, 1.82) is 0 Å². The first kappa shape index (κ1) is 16.6. The molecule has 3 heterocycles. The molecule has 4 rings (SSSR count). The number of nitrogens with one attached hydrogen (secondary N) is 2. The van der Waals surface area contributed by atoms with Gasteiger partial charge in [0.15, 0.2) is 5.82 Å². The summed E-state index contributed by atoms with van der Waals surface area (Å²) in [6, 6.07) is 9.53. The van der Waals surface area contributed by atoms with Crippen molar-refractivity contribution in [2.75, 3.05) is 19.0 Å². The molecule has 1 saturated heterocycles. The predicted molar refractivity (Wildman–Crippen MR) is 96.3 cm³/mol. The summed E-state index contributed by atoms with van der Waals surface area (Å²) in [4.78, 5) is 31.9. The Kier molecular flexibility index (Phi) is 4.34. The van der Waals surface area contributed by atoms with E-state index >= 15 is 0 Å². The lowest BCUT2D eigenvalue weighted by atomic mass is 10.1. The fraction of sp³-hybridized carbons (Fsp3) is 0.294. The van der Waals surface area contributed by atoms with Crippen LogP contribution in [0, 0.1) is 0 Å². The van der Waals surface area contributed by atoms with E-state index in [9.17, 15) is 9.59 Å². The Bertz CT molecular complexity index is 1010. The third kappa shape index (κ3) is 3.15. The Balaban J connectivity index is 1.67. The lowest BCUT2D eigenvalue weighted by Gasteiger charge is -2.17. The maximum atomic E-state index is 11.7. The number of aromatic nitrogens is 4. The number of benzene rings is 1. The summed E-state index contributed by atoms with van der Waals surface area (Å²) in [6.07, 6.45) is 0.550. The highest BCUT2D eigenvalue weighted by Gasteiger charge is 2.28. The van der Waals surface area contributed by atoms with Crippen LogP contribution >= 0.6 is 11.6 Å². The summed E-state index contributed by atoms with van der Waals surface area (Å²) >= 11 is 5.63. The van der Waals surface area contributed by atoms with Gasteiger partial charge in [0.2, 0.25) is 11.8 Å². The molecule has 2 N–H and O–H groups in total. The molecule has 0 spiro atoms. The molecule has 26 heavy (non-hydrogen) atoms. The number of hydrogen-bond acceptors (Lipinski definition) is 5. The lowest BCUT2D eigenvalue weighted by Crippen LogP contribution is -2.31. The van der Waals surface area contributed by atoms with Crippen LogP contribution < -0.4 is 10.4 Å². The van der Waals surface area contributed by atoms with Crippen molar-refractivity contribution >= 4 is 28.3 Å². The zero-order valence-electron chi connectivity index (χ0n) is 13.7. The van der Waals surface area contributed by atoms with Crippen LogP contribution in [0.2, 0.25) is 0 Å². The van der Waals surface area contributed by atoms with E-state index < -0.39 is 5.69 Å². The average molecular weight is 374 g/mol. The topological polar surface area (TPSA) is 104 Å². The van der Waals surface area contributed by atoms with Crippen molar-refractivity contribution in [2.24, 2.45) is 0 Å². The van der Waals surface area contributed by atoms with Gasteiger partial charge in [-0.25, -0.2) is 14.9 Å². The smallest absolute Gasteiger partial charge is 0.340 e. The summed E-state index contributed by atoms with van der Waals surface area (Å²) in [5.74, 6) is 0.664. The van der Waals surface area contributed by atoms with Crippen molar-refractivity contribution < 1.29 is 9.53 Å². The normalized spacial score (nSPS) is 17.0. The maximum absolute atomic E-state index is 11.7. The van der Waals surface area contributed by atoms with E-state index in [1.54, 1.807) is 4.90 Å². The minimum Gasteiger partial charge on any atom is -0.472 e. The molecule has 0 unspecified atom stereocenters. The molecular weight excluding hydrogens is 358 g/mol. The SMILES string of the molecule is O=C(CCl)N1CC[C@H](Oc2nc(-c3n[nH]c(=O)[nH]3)cc3ccccc23)C1. The number of carbonyl (C=O) groups is 1. The highest BCUT2D eigenvalue weighted by Crippen LogP contribution is 2.29. The molecule has 1 aliphatic heterocycles. The standard InChI is InChI=1S/C17H16ClN5O3/c18-8-14(24)23-6-5-11(9-23)26-16-12-4-2-1-3-10(12)7-13(19-16)15-20-17(25)22-21-15/h1-4,7,11H,5-6,8-9H2,(H2,20,21,22,25)/t11-/m0/s1. The molecule has 134 valence electrons. The highest BCUT2D eigenvalue weighted by atomic mass is 35.5. The van der Waals surface area contributed by atoms with Gasteiger partial charge in [0.1, 0.15) is 17.7 Å². The van der Waals surface area contributed by atoms with Crippen LogP contribution in [0.25, 0.3) is 22.3 Å². The maximum Gasteiger partial charge on any atom is 0.340 e. The van der Waals surface area contributed by atoms with Crippen LogP contribution in [0.1, 0.15) is 6.42 Å². The van der Waals surface area contributed by atoms with E-state index in [1.165, 1.54) is 0 Å². The number of halogens is 1. The van der Waals surface area contributed by atoms with Gasteiger partial charge in [-0.3, -0.25) is 9.78 Å². The number of amides is 1. The fourth-order valence-electron chi connectivity index (χ4n) is 3.06. The number of likely N-dealkylation sites (tertiary alicyclic amines) is 1. The second-order valence-corrected chi connectivity index (χ2v) is 6.33. The van der Waals surface area contributed by atoms with Gasteiger partial charge in [0.25, 0.3) is 0 Å². The number of nitrogens with zero attached hydrogens (tertiary/aromatic N) is 3. The monoisotopic (exact) mass is 373 g/mol. The quantitative estimate of drug-likeness (QED) is 0.675. The molecule has 1 aliphatic rings. The molecule has 8 nitrogen and oxygen atoms in total. The van der Waals surface area contributed by atoms with E-state index in [4.69, 9.17) is 16.3 Å². The molecule has 1 fully saturated rings. The van der Waals surface area contributed by atoms with Gasteiger partial charge in [0, 0.05) is 18.4 Å². The van der Waals surface area contributed by atoms with Crippen LogP contribution in [-0.4, -0.2) is 56.0 Å². The van der Waals surface area contributed by atoms with Crippen LogP contribution in [0.3, 0.4) is 0 Å². The van der Waals surface area contributed by atoms with Crippen molar-refractivity contribution in [3.05, 3.63) is 40.8 Å². The minimum absolute atomic E-state index is 0.0318. The van der Waals surface area contributed by atoms with Crippen LogP contribution in [0.4, 0.5) is 0 Å². The number of pyridine rings is 1. The number of H-pyrrole nitrogens is 2. The Morgan fingerprint density at radius 3 is 3.00 bits per heavy atom. The third-order valence-electron chi connectivity index (χ3n) is 4.34. The number of fused-ring (bicyclic) bond motifs is 1. The molecule has 0 radical (unpaired) electrons. The van der Waals surface area contributed by atoms with Gasteiger partial charge in [-0.05, 0) is 17.5 Å². The first-order chi connectivity index (χ1) is 12.6. The van der Waals surface area contributed by atoms with Gasteiger partial charge < -0.3 is 9.64 Å². The van der Waals surface area contributed by atoms with Crippen LogP contribution in [-0.2, 0) is 4.79 Å². The predicted octanol–water partition coefficient (Wildman–Crippen LogP) is 1.53. The van der Waals surface area contributed by atoms with Crippen molar-refractivity contribution in [3.63, 3.8) is 0 Å². The van der Waals surface area contributed by atoms with Gasteiger partial charge in [0.05, 0.1) is 6.54 Å². The molecule has 9 heteroatoms. The number of rotatable bonds is 4. The zero-order valence-corrected chi connectivity index (χ0v) is 14.5. The molecule has 0 aliphatic carbocycles. The largest absolute Gasteiger partial charge is 0.472 e. The molecular formula is C17H16ClN5O3. The van der Waals surface area contributed by atoms with E-state index in [1.807, 2.05) is 30.3 Å². The first-order valence-corrected chi connectivity index (χ1v) is 8.73. The molecule has 3 aromatic rings. The number of aromatic amines is 2. The van der Waals surface area contributed by atoms with Gasteiger partial charge in [-0.2, -0.15) is 5.10 Å². The Morgan fingerprint density at radius 2 is 2.23 bits per heavy atom. The number of ether oxygens (including phenoxy) is 1. The van der Waals surface area contributed by atoms with E-state index in [2.05, 4.69) is 20.2 Å². The lowest BCUT2D eigenvalue weighted by molar-refractivity contribution is -0.127. The summed E-state index contributed by atoms with van der Waals surface area (Å²) in [6.45, 7) is 1.09. The first-order valence-electron chi connectivity index (χ1n) is 8.19. The summed E-state index contributed by atoms with van der Waals surface area (Å²) < 4.78 is 6.10. The fourth-order valence-corrected chi connectivity index (χ4v) is 3.23. The van der Waals surface area contributed by atoms with Gasteiger partial charge in [-0.15, -0.1) is 11.6 Å². The van der Waals surface area contributed by atoms with Crippen molar-refractivity contribution in [2.45, 2.75) is 12.5 Å². The second kappa shape index (κ2) is 6.80. The number of carbonyl (C=O) groups excluding carboxylic acids is 1.